The number of amides is 3. The molecule has 1 atom stereocenters. The van der Waals surface area contributed by atoms with Crippen molar-refractivity contribution in [3.05, 3.63) is 24.3 Å². The Morgan fingerprint density at radius 2 is 1.79 bits per heavy atom. The average Bonchev–Trinajstić information content (AvgIpc) is 2.64. The van der Waals surface area contributed by atoms with Crippen LogP contribution in [0.3, 0.4) is 0 Å². The fraction of sp³-hybridized carbons (Fsp3) is 0.500. The number of anilines is 2. The fourth-order valence-electron chi connectivity index (χ4n) is 2.87. The van der Waals surface area contributed by atoms with Gasteiger partial charge in [0.2, 0.25) is 17.7 Å². The summed E-state index contributed by atoms with van der Waals surface area (Å²) in [6.07, 6.45) is -0.1000. The smallest absolute Gasteiger partial charge is 0.307 e. The molecule has 3 N–H and O–H groups in total. The molecule has 9 heteroatoms. The Labute approximate surface area is 170 Å². The van der Waals surface area contributed by atoms with E-state index in [1.165, 1.54) is 6.92 Å². The zero-order chi connectivity index (χ0) is 21.4. The molecule has 29 heavy (non-hydrogen) atoms. The van der Waals surface area contributed by atoms with Gasteiger partial charge in [-0.2, -0.15) is 0 Å². The molecule has 1 unspecified atom stereocenters. The molecular weight excluding hydrogens is 376 g/mol. The first kappa shape index (κ1) is 22.4. The number of nitrogens with one attached hydrogen (secondary N) is 3. The minimum atomic E-state index is -0.740. The molecule has 0 radical (unpaired) electrons. The quantitative estimate of drug-likeness (QED) is 0.556. The summed E-state index contributed by atoms with van der Waals surface area (Å²) in [5.41, 5.74) is 1.20. The molecule has 1 aromatic carbocycles. The van der Waals surface area contributed by atoms with Crippen molar-refractivity contribution in [3.63, 3.8) is 0 Å². The summed E-state index contributed by atoms with van der Waals surface area (Å²) < 4.78 is 5.17. The van der Waals surface area contributed by atoms with E-state index in [1.807, 2.05) is 13.8 Å². The van der Waals surface area contributed by atoms with Crippen LogP contribution < -0.4 is 16.0 Å². The van der Waals surface area contributed by atoms with E-state index in [0.717, 1.165) is 0 Å². The van der Waals surface area contributed by atoms with Crippen molar-refractivity contribution in [2.75, 3.05) is 36.9 Å². The van der Waals surface area contributed by atoms with Gasteiger partial charge in [0.25, 0.3) is 0 Å². The molecule has 0 bridgehead atoms. The molecule has 0 aromatic heterocycles. The third-order valence-electron chi connectivity index (χ3n) is 4.22. The maximum atomic E-state index is 12.4. The highest BCUT2D eigenvalue weighted by molar-refractivity contribution is 5.94. The van der Waals surface area contributed by atoms with Crippen LogP contribution in [0.25, 0.3) is 0 Å². The minimum absolute atomic E-state index is 0.0248. The van der Waals surface area contributed by atoms with Gasteiger partial charge in [-0.3, -0.25) is 24.1 Å². The molecule has 1 aliphatic rings. The molecule has 0 saturated carbocycles. The molecule has 1 fully saturated rings. The van der Waals surface area contributed by atoms with Crippen LogP contribution in [0.1, 0.15) is 27.2 Å². The summed E-state index contributed by atoms with van der Waals surface area (Å²) in [5.74, 6) is -1.02. The summed E-state index contributed by atoms with van der Waals surface area (Å²) in [5, 5.41) is 8.13. The van der Waals surface area contributed by atoms with E-state index in [9.17, 15) is 19.2 Å². The van der Waals surface area contributed by atoms with E-state index in [4.69, 9.17) is 4.74 Å². The Bertz CT molecular complexity index is 748. The predicted molar refractivity (Wildman–Crippen MR) is 108 cm³/mol. The van der Waals surface area contributed by atoms with Gasteiger partial charge in [-0.15, -0.1) is 0 Å². The van der Waals surface area contributed by atoms with Gasteiger partial charge >= 0.3 is 5.97 Å². The van der Waals surface area contributed by atoms with Gasteiger partial charge in [0, 0.05) is 31.4 Å². The van der Waals surface area contributed by atoms with E-state index >= 15 is 0 Å². The Hall–Kier alpha value is -2.94. The van der Waals surface area contributed by atoms with Crippen molar-refractivity contribution < 1.29 is 23.9 Å². The van der Waals surface area contributed by atoms with Crippen molar-refractivity contribution in [1.82, 2.24) is 10.2 Å². The van der Waals surface area contributed by atoms with Crippen LogP contribution in [-0.4, -0.2) is 60.9 Å². The first-order valence-corrected chi connectivity index (χ1v) is 9.59. The number of nitrogens with zero attached hydrogens (tertiary/aromatic N) is 1. The molecule has 0 spiro atoms. The van der Waals surface area contributed by atoms with Crippen LogP contribution in [0.15, 0.2) is 24.3 Å². The maximum Gasteiger partial charge on any atom is 0.307 e. The first-order chi connectivity index (χ1) is 13.7. The number of esters is 1. The largest absolute Gasteiger partial charge is 0.465 e. The number of hydrogen-bond donors (Lipinski definition) is 3. The van der Waals surface area contributed by atoms with E-state index in [0.29, 0.717) is 31.1 Å². The molecule has 0 aliphatic carbocycles. The Morgan fingerprint density at radius 1 is 1.17 bits per heavy atom. The highest BCUT2D eigenvalue weighted by Crippen LogP contribution is 2.15. The standard InChI is InChI=1S/C20H28N4O5/c1-13(2)12-29-19(27)10-17-20(28)21-8-9-24(17)11-18(26)23-16-6-4-15(5-7-16)22-14(3)25/h4-7,13,17H,8-12H2,1-3H3,(H,21,28)(H,22,25)(H,23,26). The van der Waals surface area contributed by atoms with Crippen LogP contribution in [-0.2, 0) is 23.9 Å². The van der Waals surface area contributed by atoms with Gasteiger partial charge in [0.15, 0.2) is 0 Å². The Kier molecular flexibility index (Phi) is 8.14. The van der Waals surface area contributed by atoms with Gasteiger partial charge < -0.3 is 20.7 Å². The van der Waals surface area contributed by atoms with E-state index < -0.39 is 12.0 Å². The maximum absolute atomic E-state index is 12.4. The van der Waals surface area contributed by atoms with Crippen molar-refractivity contribution in [2.45, 2.75) is 33.2 Å². The second kappa shape index (κ2) is 10.6. The summed E-state index contributed by atoms with van der Waals surface area (Å²) in [6.45, 7) is 6.42. The molecule has 1 saturated heterocycles. The van der Waals surface area contributed by atoms with Gasteiger partial charge in [-0.1, -0.05) is 13.8 Å². The van der Waals surface area contributed by atoms with Crippen molar-refractivity contribution >= 4 is 35.1 Å². The van der Waals surface area contributed by atoms with Gasteiger partial charge in [-0.25, -0.2) is 0 Å². The van der Waals surface area contributed by atoms with E-state index in [2.05, 4.69) is 16.0 Å². The van der Waals surface area contributed by atoms with Crippen LogP contribution in [0, 0.1) is 5.92 Å². The fourth-order valence-corrected chi connectivity index (χ4v) is 2.87. The lowest BCUT2D eigenvalue weighted by molar-refractivity contribution is -0.149. The zero-order valence-corrected chi connectivity index (χ0v) is 17.0. The highest BCUT2D eigenvalue weighted by Gasteiger charge is 2.33. The minimum Gasteiger partial charge on any atom is -0.465 e. The molecule has 158 valence electrons. The second-order valence-corrected chi connectivity index (χ2v) is 7.36. The molecule has 2 rings (SSSR count). The SMILES string of the molecule is CC(=O)Nc1ccc(NC(=O)CN2CCNC(=O)C2CC(=O)OCC(C)C)cc1. The zero-order valence-electron chi connectivity index (χ0n) is 17.0. The molecule has 1 aliphatic heterocycles. The lowest BCUT2D eigenvalue weighted by Crippen LogP contribution is -2.57. The van der Waals surface area contributed by atoms with Crippen molar-refractivity contribution in [3.8, 4) is 0 Å². The molecule has 9 nitrogen and oxygen atoms in total. The summed E-state index contributed by atoms with van der Waals surface area (Å²) >= 11 is 0. The summed E-state index contributed by atoms with van der Waals surface area (Å²) in [7, 11) is 0. The molecule has 1 heterocycles. The predicted octanol–water partition coefficient (Wildman–Crippen LogP) is 0.973. The van der Waals surface area contributed by atoms with E-state index in [-0.39, 0.29) is 36.6 Å². The molecule has 1 aromatic rings. The lowest BCUT2D eigenvalue weighted by atomic mass is 10.1. The summed E-state index contributed by atoms with van der Waals surface area (Å²) in [4.78, 5) is 49.4. The van der Waals surface area contributed by atoms with Gasteiger partial charge in [0.05, 0.1) is 19.6 Å². The topological polar surface area (TPSA) is 117 Å². The number of ether oxygens (including phenoxy) is 1. The third kappa shape index (κ3) is 7.53. The monoisotopic (exact) mass is 404 g/mol. The van der Waals surface area contributed by atoms with Gasteiger partial charge in [-0.05, 0) is 30.2 Å². The average molecular weight is 404 g/mol. The Morgan fingerprint density at radius 3 is 2.38 bits per heavy atom. The van der Waals surface area contributed by atoms with Crippen molar-refractivity contribution in [2.24, 2.45) is 5.92 Å². The van der Waals surface area contributed by atoms with Crippen LogP contribution in [0.5, 0.6) is 0 Å². The second-order valence-electron chi connectivity index (χ2n) is 7.36. The number of hydrogen-bond acceptors (Lipinski definition) is 6. The number of carbonyl (C=O) groups is 4. The summed E-state index contributed by atoms with van der Waals surface area (Å²) in [6, 6.07) is 5.97. The highest BCUT2D eigenvalue weighted by atomic mass is 16.5. The number of rotatable bonds is 8. The van der Waals surface area contributed by atoms with Crippen LogP contribution in [0.4, 0.5) is 11.4 Å². The van der Waals surface area contributed by atoms with Crippen LogP contribution >= 0.6 is 0 Å². The van der Waals surface area contributed by atoms with E-state index in [1.54, 1.807) is 29.2 Å². The Balaban J connectivity index is 1.92. The lowest BCUT2D eigenvalue weighted by Gasteiger charge is -2.33. The molecule has 3 amide bonds. The van der Waals surface area contributed by atoms with Gasteiger partial charge in [0.1, 0.15) is 6.04 Å². The number of carbonyl (C=O) groups excluding carboxylic acids is 4. The number of benzene rings is 1. The first-order valence-electron chi connectivity index (χ1n) is 9.59. The molecular formula is C20H28N4O5. The third-order valence-corrected chi connectivity index (χ3v) is 4.22. The van der Waals surface area contributed by atoms with Crippen LogP contribution in [0.2, 0.25) is 0 Å². The number of piperazine rings is 1. The normalized spacial score (nSPS) is 16.8. The van der Waals surface area contributed by atoms with Crippen molar-refractivity contribution in [1.29, 1.82) is 0 Å².